The van der Waals surface area contributed by atoms with E-state index in [1.54, 1.807) is 28.8 Å². The molecule has 0 aromatic carbocycles. The third kappa shape index (κ3) is 3.22. The quantitative estimate of drug-likeness (QED) is 0.763. The number of piperidine rings is 1. The van der Waals surface area contributed by atoms with Crippen LogP contribution in [0.5, 0.6) is 0 Å². The molecule has 0 amide bonds. The van der Waals surface area contributed by atoms with E-state index in [0.29, 0.717) is 28.6 Å². The molecule has 9 heteroatoms. The Hall–Kier alpha value is -1.74. The minimum Gasteiger partial charge on any atom is -0.300 e. The van der Waals surface area contributed by atoms with Gasteiger partial charge in [0.05, 0.1) is 24.0 Å². The van der Waals surface area contributed by atoms with Gasteiger partial charge in [-0.15, -0.1) is 0 Å². The summed E-state index contributed by atoms with van der Waals surface area (Å²) in [6, 6.07) is 0.493. The van der Waals surface area contributed by atoms with E-state index in [9.17, 15) is 13.2 Å². The van der Waals surface area contributed by atoms with Crippen molar-refractivity contribution in [2.75, 3.05) is 24.6 Å². The van der Waals surface area contributed by atoms with E-state index in [1.807, 2.05) is 0 Å². The molecule has 2 aromatic rings. The van der Waals surface area contributed by atoms with E-state index in [4.69, 9.17) is 0 Å². The maximum atomic E-state index is 12.7. The molecule has 25 heavy (non-hydrogen) atoms. The zero-order chi connectivity index (χ0) is 17.6. The summed E-state index contributed by atoms with van der Waals surface area (Å²) in [6.07, 6.45) is 6.61. The second-order valence-electron chi connectivity index (χ2n) is 7.14. The van der Waals surface area contributed by atoms with Gasteiger partial charge < -0.3 is 4.90 Å². The van der Waals surface area contributed by atoms with Crippen molar-refractivity contribution in [2.45, 2.75) is 37.8 Å². The summed E-state index contributed by atoms with van der Waals surface area (Å²) in [5, 5.41) is 4.22. The molecule has 4 rings (SSSR count). The third-order valence-corrected chi connectivity index (χ3v) is 7.22. The lowest BCUT2D eigenvalue weighted by Gasteiger charge is -2.39. The number of aromatic nitrogens is 4. The molecule has 0 aliphatic carbocycles. The van der Waals surface area contributed by atoms with Crippen molar-refractivity contribution in [1.29, 1.82) is 0 Å². The Morgan fingerprint density at radius 3 is 2.44 bits per heavy atom. The maximum Gasteiger partial charge on any atom is 0.281 e. The van der Waals surface area contributed by atoms with Crippen LogP contribution in [0.1, 0.15) is 31.7 Å². The van der Waals surface area contributed by atoms with Crippen LogP contribution < -0.4 is 5.56 Å². The van der Waals surface area contributed by atoms with Crippen LogP contribution in [-0.2, 0) is 16.9 Å². The average Bonchev–Trinajstić information content (AvgIpc) is 2.97. The molecule has 2 saturated heterocycles. The predicted molar refractivity (Wildman–Crippen MR) is 94.3 cm³/mol. The highest BCUT2D eigenvalue weighted by atomic mass is 32.2. The highest BCUT2D eigenvalue weighted by molar-refractivity contribution is 7.91. The SMILES string of the molecule is Cn1cc2ncn(C3CCN(C4CCS(=O)(=O)CC4)CC3)c(=O)c2n1. The highest BCUT2D eigenvalue weighted by Crippen LogP contribution is 2.26. The molecule has 2 aromatic heterocycles. The molecule has 0 bridgehead atoms. The summed E-state index contributed by atoms with van der Waals surface area (Å²) >= 11 is 0. The van der Waals surface area contributed by atoms with Crippen molar-refractivity contribution in [3.63, 3.8) is 0 Å². The second-order valence-corrected chi connectivity index (χ2v) is 9.45. The summed E-state index contributed by atoms with van der Waals surface area (Å²) < 4.78 is 26.5. The topological polar surface area (TPSA) is 90.1 Å². The lowest BCUT2D eigenvalue weighted by atomic mass is 10.0. The molecular weight excluding hydrogens is 342 g/mol. The van der Waals surface area contributed by atoms with Crippen LogP contribution in [-0.4, -0.2) is 63.3 Å². The fourth-order valence-corrected chi connectivity index (χ4v) is 5.52. The van der Waals surface area contributed by atoms with E-state index in [-0.39, 0.29) is 11.6 Å². The normalized spacial score (nSPS) is 23.2. The van der Waals surface area contributed by atoms with Gasteiger partial charge in [0.1, 0.15) is 15.4 Å². The van der Waals surface area contributed by atoms with Crippen molar-refractivity contribution in [3.05, 3.63) is 22.9 Å². The van der Waals surface area contributed by atoms with Crippen LogP contribution in [0.25, 0.3) is 11.0 Å². The van der Waals surface area contributed by atoms with Gasteiger partial charge in [0.25, 0.3) is 5.56 Å². The van der Waals surface area contributed by atoms with Gasteiger partial charge in [-0.2, -0.15) is 5.10 Å². The van der Waals surface area contributed by atoms with Crippen LogP contribution in [0, 0.1) is 0 Å². The van der Waals surface area contributed by atoms with E-state index >= 15 is 0 Å². The highest BCUT2D eigenvalue weighted by Gasteiger charge is 2.31. The van der Waals surface area contributed by atoms with Crippen LogP contribution in [0.2, 0.25) is 0 Å². The molecule has 0 atom stereocenters. The monoisotopic (exact) mass is 365 g/mol. The molecule has 2 aliphatic heterocycles. The summed E-state index contributed by atoms with van der Waals surface area (Å²) in [6.45, 7) is 1.78. The Balaban J connectivity index is 1.45. The largest absolute Gasteiger partial charge is 0.300 e. The predicted octanol–water partition coefficient (Wildman–Crippen LogP) is 0.344. The molecular formula is C16H23N5O3S. The van der Waals surface area contributed by atoms with Gasteiger partial charge >= 0.3 is 0 Å². The first-order chi connectivity index (χ1) is 11.9. The van der Waals surface area contributed by atoms with E-state index < -0.39 is 9.84 Å². The minimum atomic E-state index is -2.82. The fraction of sp³-hybridized carbons (Fsp3) is 0.688. The van der Waals surface area contributed by atoms with Gasteiger partial charge in [0.2, 0.25) is 0 Å². The van der Waals surface area contributed by atoms with E-state index in [1.165, 1.54) is 0 Å². The number of hydrogen-bond donors (Lipinski definition) is 0. The average molecular weight is 365 g/mol. The molecule has 0 N–H and O–H groups in total. The Morgan fingerprint density at radius 1 is 1.08 bits per heavy atom. The number of likely N-dealkylation sites (tertiary alicyclic amines) is 1. The molecule has 2 aliphatic rings. The molecule has 4 heterocycles. The van der Waals surface area contributed by atoms with E-state index in [2.05, 4.69) is 15.0 Å². The molecule has 0 unspecified atom stereocenters. The molecule has 136 valence electrons. The summed E-state index contributed by atoms with van der Waals surface area (Å²) in [5.41, 5.74) is 0.974. The van der Waals surface area contributed by atoms with Gasteiger partial charge in [-0.05, 0) is 25.7 Å². The van der Waals surface area contributed by atoms with Crippen molar-refractivity contribution in [1.82, 2.24) is 24.2 Å². The number of fused-ring (bicyclic) bond motifs is 1. The number of hydrogen-bond acceptors (Lipinski definition) is 6. The number of sulfone groups is 1. The van der Waals surface area contributed by atoms with Gasteiger partial charge in [0, 0.05) is 32.2 Å². The Labute approximate surface area is 146 Å². The van der Waals surface area contributed by atoms with Gasteiger partial charge in [-0.25, -0.2) is 13.4 Å². The summed E-state index contributed by atoms with van der Waals surface area (Å²) in [5.74, 6) is 0.606. The van der Waals surface area contributed by atoms with Gasteiger partial charge in [-0.3, -0.25) is 14.0 Å². The van der Waals surface area contributed by atoms with Crippen molar-refractivity contribution < 1.29 is 8.42 Å². The summed E-state index contributed by atoms with van der Waals surface area (Å²) in [4.78, 5) is 19.4. The maximum absolute atomic E-state index is 12.7. The molecule has 8 nitrogen and oxygen atoms in total. The second kappa shape index (κ2) is 6.21. The summed E-state index contributed by atoms with van der Waals surface area (Å²) in [7, 11) is -1.04. The fourth-order valence-electron chi connectivity index (χ4n) is 4.05. The third-order valence-electron chi connectivity index (χ3n) is 5.50. The van der Waals surface area contributed by atoms with Gasteiger partial charge in [-0.1, -0.05) is 0 Å². The smallest absolute Gasteiger partial charge is 0.281 e. The van der Waals surface area contributed by atoms with Crippen LogP contribution in [0.4, 0.5) is 0 Å². The first-order valence-electron chi connectivity index (χ1n) is 8.78. The standard InChI is InChI=1S/C16H23N5O3S/c1-19-10-14-15(18-19)16(22)21(11-17-14)13-2-6-20(7-3-13)12-4-8-25(23,24)9-5-12/h10-13H,2-9H2,1H3. The molecule has 2 fully saturated rings. The number of nitrogens with zero attached hydrogens (tertiary/aromatic N) is 5. The van der Waals surface area contributed by atoms with Crippen LogP contribution in [0.3, 0.4) is 0 Å². The first-order valence-corrected chi connectivity index (χ1v) is 10.6. The minimum absolute atomic E-state index is 0.0761. The zero-order valence-electron chi connectivity index (χ0n) is 14.3. The Kier molecular flexibility index (Phi) is 4.15. The molecule has 0 radical (unpaired) electrons. The Morgan fingerprint density at radius 2 is 1.76 bits per heavy atom. The first kappa shape index (κ1) is 16.7. The Bertz CT molecular complexity index is 926. The van der Waals surface area contributed by atoms with Crippen LogP contribution >= 0.6 is 0 Å². The van der Waals surface area contributed by atoms with Crippen molar-refractivity contribution >= 4 is 20.9 Å². The lowest BCUT2D eigenvalue weighted by molar-refractivity contribution is 0.125. The van der Waals surface area contributed by atoms with Gasteiger partial charge in [0.15, 0.2) is 5.52 Å². The lowest BCUT2D eigenvalue weighted by Crippen LogP contribution is -2.46. The van der Waals surface area contributed by atoms with Crippen molar-refractivity contribution in [3.8, 4) is 0 Å². The molecule has 0 saturated carbocycles. The van der Waals surface area contributed by atoms with Crippen molar-refractivity contribution in [2.24, 2.45) is 7.05 Å². The zero-order valence-corrected chi connectivity index (χ0v) is 15.2. The number of aryl methyl sites for hydroxylation is 1. The van der Waals surface area contributed by atoms with E-state index in [0.717, 1.165) is 38.8 Å². The molecule has 0 spiro atoms. The number of rotatable bonds is 2. The van der Waals surface area contributed by atoms with Crippen LogP contribution in [0.15, 0.2) is 17.3 Å².